The molecule has 0 saturated carbocycles. The third-order valence-electron chi connectivity index (χ3n) is 2.23. The molecule has 2 aromatic carbocycles. The number of aliphatic hydroxyl groups is 1. The van der Waals surface area contributed by atoms with E-state index < -0.39 is 0 Å². The van der Waals surface area contributed by atoms with Crippen molar-refractivity contribution in [3.05, 3.63) is 71.8 Å². The summed E-state index contributed by atoms with van der Waals surface area (Å²) < 4.78 is 0. The van der Waals surface area contributed by atoms with Crippen LogP contribution in [0.15, 0.2) is 60.7 Å². The first kappa shape index (κ1) is 16.5. The van der Waals surface area contributed by atoms with Gasteiger partial charge < -0.3 is 5.11 Å². The van der Waals surface area contributed by atoms with Crippen LogP contribution in [-0.4, -0.2) is 21.3 Å². The van der Waals surface area contributed by atoms with E-state index in [2.05, 4.69) is 12.6 Å². The average Bonchev–Trinajstić information content (AvgIpc) is 2.50. The molecule has 0 aromatic heterocycles. The fraction of sp³-hybridized carbons (Fsp3) is 0.0667. The minimum atomic E-state index is -0.185. The van der Waals surface area contributed by atoms with Crippen LogP contribution >= 0.6 is 24.4 Å². The Morgan fingerprint density at radius 3 is 1.70 bits per heavy atom. The van der Waals surface area contributed by atoms with Gasteiger partial charge in [-0.25, -0.2) is 0 Å². The summed E-state index contributed by atoms with van der Waals surface area (Å²) in [5, 5.41) is 8.17. The van der Waals surface area contributed by atoms with Gasteiger partial charge in [-0.05, 0) is 0 Å². The minimum Gasteiger partial charge on any atom is -0.385 e. The number of aliphatic hydroxyl groups excluding tert-OH is 1. The third kappa shape index (κ3) is 6.06. The van der Waals surface area contributed by atoms with Gasteiger partial charge in [-0.1, -0.05) is 72.4 Å². The molecule has 3 nitrogen and oxygen atoms in total. The quantitative estimate of drug-likeness (QED) is 0.675. The van der Waals surface area contributed by atoms with Crippen molar-refractivity contribution in [2.75, 3.05) is 5.94 Å². The van der Waals surface area contributed by atoms with Gasteiger partial charge in [-0.2, -0.15) is 0 Å². The van der Waals surface area contributed by atoms with Crippen molar-refractivity contribution in [1.82, 2.24) is 0 Å². The van der Waals surface area contributed by atoms with Gasteiger partial charge in [0.2, 0.25) is 10.2 Å². The molecule has 5 heteroatoms. The first-order chi connectivity index (χ1) is 9.65. The van der Waals surface area contributed by atoms with Gasteiger partial charge >= 0.3 is 0 Å². The SMILES string of the molecule is O=C(S)c1ccccc1.O=C(SCO)c1ccccc1. The van der Waals surface area contributed by atoms with Crippen LogP contribution in [0.1, 0.15) is 20.7 Å². The van der Waals surface area contributed by atoms with Crippen molar-refractivity contribution < 1.29 is 14.7 Å². The number of rotatable bonds is 3. The zero-order valence-electron chi connectivity index (χ0n) is 10.6. The summed E-state index contributed by atoms with van der Waals surface area (Å²) in [5.41, 5.74) is 1.27. The topological polar surface area (TPSA) is 54.4 Å². The van der Waals surface area contributed by atoms with Crippen LogP contribution < -0.4 is 0 Å². The maximum absolute atomic E-state index is 11.0. The smallest absolute Gasteiger partial charge is 0.221 e. The van der Waals surface area contributed by atoms with Crippen LogP contribution in [0.4, 0.5) is 0 Å². The summed E-state index contributed by atoms with van der Waals surface area (Å²) in [6.45, 7) is 0. The Balaban J connectivity index is 0.000000204. The van der Waals surface area contributed by atoms with Crippen molar-refractivity contribution in [3.63, 3.8) is 0 Å². The van der Waals surface area contributed by atoms with Crippen LogP contribution in [0.3, 0.4) is 0 Å². The summed E-state index contributed by atoms with van der Waals surface area (Å²) in [6.07, 6.45) is 0. The summed E-state index contributed by atoms with van der Waals surface area (Å²) in [5.74, 6) is -0.159. The number of thiol groups is 1. The van der Waals surface area contributed by atoms with Crippen LogP contribution in [0.2, 0.25) is 0 Å². The van der Waals surface area contributed by atoms with Gasteiger partial charge in [0.05, 0.1) is 5.94 Å². The summed E-state index contributed by atoms with van der Waals surface area (Å²) in [7, 11) is 0. The van der Waals surface area contributed by atoms with Crippen LogP contribution in [0, 0.1) is 0 Å². The van der Waals surface area contributed by atoms with Crippen molar-refractivity contribution in [2.45, 2.75) is 0 Å². The lowest BCUT2D eigenvalue weighted by Gasteiger charge is -1.95. The van der Waals surface area contributed by atoms with Crippen LogP contribution in [0.25, 0.3) is 0 Å². The summed E-state index contributed by atoms with van der Waals surface area (Å²) in [4.78, 5) is 21.6. The zero-order valence-corrected chi connectivity index (χ0v) is 12.3. The second kappa shape index (κ2) is 9.36. The van der Waals surface area contributed by atoms with Crippen LogP contribution in [0.5, 0.6) is 0 Å². The molecule has 2 aromatic rings. The largest absolute Gasteiger partial charge is 0.385 e. The summed E-state index contributed by atoms with van der Waals surface area (Å²) >= 11 is 4.55. The van der Waals surface area contributed by atoms with Crippen molar-refractivity contribution in [2.24, 2.45) is 0 Å². The van der Waals surface area contributed by atoms with Crippen molar-refractivity contribution in [1.29, 1.82) is 0 Å². The first-order valence-corrected chi connectivity index (χ1v) is 7.20. The molecule has 0 atom stereocenters. The predicted molar refractivity (Wildman–Crippen MR) is 85.2 cm³/mol. The number of thioether (sulfide) groups is 1. The van der Waals surface area contributed by atoms with Crippen molar-refractivity contribution in [3.8, 4) is 0 Å². The molecule has 0 aliphatic carbocycles. The highest BCUT2D eigenvalue weighted by atomic mass is 32.2. The van der Waals surface area contributed by atoms with E-state index in [9.17, 15) is 9.59 Å². The first-order valence-electron chi connectivity index (χ1n) is 5.76. The fourth-order valence-corrected chi connectivity index (χ4v) is 1.87. The molecule has 0 aliphatic rings. The van der Waals surface area contributed by atoms with E-state index in [4.69, 9.17) is 5.11 Å². The number of carbonyl (C=O) groups excluding carboxylic acids is 2. The second-order valence-corrected chi connectivity index (χ2v) is 4.92. The maximum atomic E-state index is 11.0. The lowest BCUT2D eigenvalue weighted by molar-refractivity contribution is 0.108. The highest BCUT2D eigenvalue weighted by molar-refractivity contribution is 8.14. The number of benzene rings is 2. The summed E-state index contributed by atoms with van der Waals surface area (Å²) in [6, 6.07) is 17.8. The predicted octanol–water partition coefficient (Wildman–Crippen LogP) is 3.27. The average molecular weight is 306 g/mol. The fourth-order valence-electron chi connectivity index (χ4n) is 1.30. The van der Waals surface area contributed by atoms with E-state index in [1.54, 1.807) is 36.4 Å². The molecular formula is C15H14O3S2. The van der Waals surface area contributed by atoms with Gasteiger partial charge in [0.25, 0.3) is 0 Å². The Labute approximate surface area is 127 Å². The Kier molecular flexibility index (Phi) is 7.72. The minimum absolute atomic E-state index is 0.0897. The number of hydrogen-bond acceptors (Lipinski definition) is 4. The Morgan fingerprint density at radius 2 is 1.35 bits per heavy atom. The molecule has 0 spiro atoms. The van der Waals surface area contributed by atoms with E-state index in [1.807, 2.05) is 24.3 Å². The molecule has 0 saturated heterocycles. The zero-order chi connectivity index (χ0) is 14.8. The molecule has 0 bridgehead atoms. The van der Waals surface area contributed by atoms with Gasteiger partial charge in [-0.15, -0.1) is 12.6 Å². The normalized spacial score (nSPS) is 9.30. The van der Waals surface area contributed by atoms with E-state index in [0.29, 0.717) is 11.1 Å². The van der Waals surface area contributed by atoms with E-state index in [-0.39, 0.29) is 16.2 Å². The molecule has 104 valence electrons. The molecule has 20 heavy (non-hydrogen) atoms. The van der Waals surface area contributed by atoms with Crippen molar-refractivity contribution >= 4 is 34.6 Å². The monoisotopic (exact) mass is 306 g/mol. The maximum Gasteiger partial charge on any atom is 0.221 e. The van der Waals surface area contributed by atoms with E-state index in [1.165, 1.54) is 0 Å². The van der Waals surface area contributed by atoms with Gasteiger partial charge in [0, 0.05) is 11.1 Å². The van der Waals surface area contributed by atoms with E-state index in [0.717, 1.165) is 11.8 Å². The molecule has 0 radical (unpaired) electrons. The molecule has 0 fully saturated rings. The Hall–Kier alpha value is -1.56. The second-order valence-electron chi connectivity index (χ2n) is 3.60. The molecular weight excluding hydrogens is 292 g/mol. The van der Waals surface area contributed by atoms with Gasteiger partial charge in [0.15, 0.2) is 0 Å². The molecule has 0 unspecified atom stereocenters. The highest BCUT2D eigenvalue weighted by Gasteiger charge is 2.02. The van der Waals surface area contributed by atoms with E-state index >= 15 is 0 Å². The Bertz CT molecular complexity index is 542. The third-order valence-corrected chi connectivity index (χ3v) is 3.11. The highest BCUT2D eigenvalue weighted by Crippen LogP contribution is 2.09. The lowest BCUT2D eigenvalue weighted by Crippen LogP contribution is -1.93. The molecule has 1 N–H and O–H groups in total. The van der Waals surface area contributed by atoms with Crippen LogP contribution in [-0.2, 0) is 0 Å². The molecule has 0 heterocycles. The molecule has 0 aliphatic heterocycles. The number of carbonyl (C=O) groups is 2. The molecule has 2 rings (SSSR count). The van der Waals surface area contributed by atoms with Gasteiger partial charge in [0.1, 0.15) is 0 Å². The standard InChI is InChI=1S/C8H8O2S.C7H6OS/c9-6-11-8(10)7-4-2-1-3-5-7;8-7(9)6-4-2-1-3-5-6/h1-5,9H,6H2;1-5H,(H,8,9). The van der Waals surface area contributed by atoms with Gasteiger partial charge in [-0.3, -0.25) is 9.59 Å². The Morgan fingerprint density at radius 1 is 0.900 bits per heavy atom. The molecule has 0 amide bonds. The number of hydrogen-bond donors (Lipinski definition) is 2. The lowest BCUT2D eigenvalue weighted by atomic mass is 10.2.